The number of anilines is 1. The first-order chi connectivity index (χ1) is 11.5. The van der Waals surface area contributed by atoms with Crippen molar-refractivity contribution in [2.24, 2.45) is 0 Å². The van der Waals surface area contributed by atoms with Gasteiger partial charge in [-0.25, -0.2) is 4.98 Å². The molecule has 0 radical (unpaired) electrons. The minimum absolute atomic E-state index is 0.228. The molecular weight excluding hydrogens is 369 g/mol. The monoisotopic (exact) mass is 383 g/mol. The molecule has 1 aliphatic rings. The highest BCUT2D eigenvalue weighted by molar-refractivity contribution is 7.13. The maximum atomic E-state index is 12.8. The average molecular weight is 384 g/mol. The second kappa shape index (κ2) is 7.09. The van der Waals surface area contributed by atoms with Crippen LogP contribution in [0.5, 0.6) is 0 Å². The van der Waals surface area contributed by atoms with E-state index in [1.54, 1.807) is 17.0 Å². The molecule has 1 aromatic heterocycles. The van der Waals surface area contributed by atoms with Gasteiger partial charge in [0.05, 0.1) is 16.3 Å². The zero-order chi connectivity index (χ0) is 17.3. The van der Waals surface area contributed by atoms with Gasteiger partial charge in [-0.05, 0) is 38.0 Å². The van der Waals surface area contributed by atoms with Crippen molar-refractivity contribution in [3.63, 3.8) is 0 Å². The van der Waals surface area contributed by atoms with Crippen molar-refractivity contribution < 1.29 is 9.59 Å². The summed E-state index contributed by atoms with van der Waals surface area (Å²) < 4.78 is 0. The summed E-state index contributed by atoms with van der Waals surface area (Å²) in [5.74, 6) is -0.510. The largest absolute Gasteiger partial charge is 0.327 e. The summed E-state index contributed by atoms with van der Waals surface area (Å²) in [5, 5.41) is 5.94. The molecule has 24 heavy (non-hydrogen) atoms. The minimum atomic E-state index is -0.531. The quantitative estimate of drug-likeness (QED) is 0.870. The van der Waals surface area contributed by atoms with Crippen LogP contribution in [-0.2, 0) is 4.79 Å². The van der Waals surface area contributed by atoms with E-state index in [1.165, 1.54) is 17.4 Å². The number of thiazole rings is 1. The van der Waals surface area contributed by atoms with E-state index in [1.807, 2.05) is 12.3 Å². The van der Waals surface area contributed by atoms with Crippen LogP contribution < -0.4 is 5.32 Å². The third-order valence-electron chi connectivity index (χ3n) is 3.82. The lowest BCUT2D eigenvalue weighted by atomic mass is 10.1. The molecule has 0 bridgehead atoms. The maximum Gasteiger partial charge on any atom is 0.256 e. The van der Waals surface area contributed by atoms with E-state index in [4.69, 9.17) is 23.2 Å². The van der Waals surface area contributed by atoms with Crippen LogP contribution in [0.1, 0.15) is 28.9 Å². The highest BCUT2D eigenvalue weighted by Crippen LogP contribution is 2.27. The molecule has 2 heterocycles. The first kappa shape index (κ1) is 17.2. The van der Waals surface area contributed by atoms with E-state index in [9.17, 15) is 9.59 Å². The molecule has 8 heteroatoms. The number of hydrogen-bond acceptors (Lipinski definition) is 4. The lowest BCUT2D eigenvalue weighted by Crippen LogP contribution is -2.43. The molecule has 5 nitrogen and oxygen atoms in total. The summed E-state index contributed by atoms with van der Waals surface area (Å²) >= 11 is 13.4. The van der Waals surface area contributed by atoms with Crippen LogP contribution in [0.3, 0.4) is 0 Å². The molecular formula is C16H15Cl2N3O2S. The molecule has 1 unspecified atom stereocenters. The molecule has 1 saturated heterocycles. The zero-order valence-corrected chi connectivity index (χ0v) is 15.2. The number of rotatable bonds is 3. The van der Waals surface area contributed by atoms with Gasteiger partial charge in [0, 0.05) is 16.9 Å². The fourth-order valence-electron chi connectivity index (χ4n) is 2.70. The van der Waals surface area contributed by atoms with Gasteiger partial charge in [-0.1, -0.05) is 23.2 Å². The summed E-state index contributed by atoms with van der Waals surface area (Å²) in [6.45, 7) is 2.37. The molecule has 0 saturated carbocycles. The van der Waals surface area contributed by atoms with Crippen molar-refractivity contribution in [3.8, 4) is 0 Å². The second-order valence-electron chi connectivity index (χ2n) is 5.56. The number of carbonyl (C=O) groups is 2. The number of benzene rings is 1. The highest BCUT2D eigenvalue weighted by Gasteiger charge is 2.35. The van der Waals surface area contributed by atoms with Crippen LogP contribution in [-0.4, -0.2) is 34.3 Å². The summed E-state index contributed by atoms with van der Waals surface area (Å²) in [7, 11) is 0. The Morgan fingerprint density at radius 2 is 2.17 bits per heavy atom. The number of carbonyl (C=O) groups excluding carboxylic acids is 2. The molecule has 126 valence electrons. The molecule has 1 fully saturated rings. The lowest BCUT2D eigenvalue weighted by molar-refractivity contribution is -0.119. The van der Waals surface area contributed by atoms with E-state index in [0.717, 1.165) is 12.1 Å². The summed E-state index contributed by atoms with van der Waals surface area (Å²) in [4.78, 5) is 31.1. The van der Waals surface area contributed by atoms with E-state index in [0.29, 0.717) is 33.7 Å². The SMILES string of the molecule is Cc1csc(NC(=O)C2CCCN2C(=O)c2cc(Cl)ccc2Cl)n1. The minimum Gasteiger partial charge on any atom is -0.327 e. The van der Waals surface area contributed by atoms with E-state index >= 15 is 0 Å². The molecule has 0 aliphatic carbocycles. The van der Waals surface area contributed by atoms with Crippen LogP contribution in [0.2, 0.25) is 10.0 Å². The van der Waals surface area contributed by atoms with Crippen molar-refractivity contribution in [1.82, 2.24) is 9.88 Å². The van der Waals surface area contributed by atoms with Gasteiger partial charge in [0.2, 0.25) is 5.91 Å². The Labute approximate surface area is 153 Å². The number of nitrogens with one attached hydrogen (secondary N) is 1. The standard InChI is InChI=1S/C16H15Cl2N3O2S/c1-9-8-24-16(19-9)20-14(22)13-3-2-6-21(13)15(23)11-7-10(17)4-5-12(11)18/h4-5,7-8,13H,2-3,6H2,1H3,(H,19,20,22). The summed E-state index contributed by atoms with van der Waals surface area (Å²) in [6.07, 6.45) is 1.37. The Balaban J connectivity index is 1.78. The number of halogens is 2. The van der Waals surface area contributed by atoms with Gasteiger partial charge in [0.1, 0.15) is 6.04 Å². The van der Waals surface area contributed by atoms with Crippen LogP contribution in [0, 0.1) is 6.92 Å². The van der Waals surface area contributed by atoms with Gasteiger partial charge >= 0.3 is 0 Å². The Morgan fingerprint density at radius 1 is 1.38 bits per heavy atom. The molecule has 2 amide bonds. The fourth-order valence-corrected chi connectivity index (χ4v) is 3.76. The number of nitrogens with zero attached hydrogens (tertiary/aromatic N) is 2. The molecule has 1 aliphatic heterocycles. The smallest absolute Gasteiger partial charge is 0.256 e. The van der Waals surface area contributed by atoms with E-state index < -0.39 is 6.04 Å². The topological polar surface area (TPSA) is 62.3 Å². The number of hydrogen-bond donors (Lipinski definition) is 1. The highest BCUT2D eigenvalue weighted by atomic mass is 35.5. The van der Waals surface area contributed by atoms with Crippen LogP contribution in [0.4, 0.5) is 5.13 Å². The van der Waals surface area contributed by atoms with Crippen LogP contribution in [0.25, 0.3) is 0 Å². The van der Waals surface area contributed by atoms with Crippen molar-refractivity contribution >= 4 is 51.5 Å². The number of likely N-dealkylation sites (tertiary alicyclic amines) is 1. The van der Waals surface area contributed by atoms with Gasteiger partial charge in [0.25, 0.3) is 5.91 Å². The summed E-state index contributed by atoms with van der Waals surface area (Å²) in [6, 6.07) is 4.21. The Kier molecular flexibility index (Phi) is 5.08. The van der Waals surface area contributed by atoms with Gasteiger partial charge in [0.15, 0.2) is 5.13 Å². The Bertz CT molecular complexity index is 793. The van der Waals surface area contributed by atoms with Gasteiger partial charge < -0.3 is 10.2 Å². The van der Waals surface area contributed by atoms with E-state index in [2.05, 4.69) is 10.3 Å². The number of amides is 2. The van der Waals surface area contributed by atoms with Crippen LogP contribution >= 0.6 is 34.5 Å². The second-order valence-corrected chi connectivity index (χ2v) is 7.27. The Morgan fingerprint density at radius 3 is 2.88 bits per heavy atom. The molecule has 3 rings (SSSR count). The fraction of sp³-hybridized carbons (Fsp3) is 0.312. The maximum absolute atomic E-state index is 12.8. The average Bonchev–Trinajstić information content (AvgIpc) is 3.18. The van der Waals surface area contributed by atoms with Crippen molar-refractivity contribution in [2.75, 3.05) is 11.9 Å². The van der Waals surface area contributed by atoms with Crippen LogP contribution in [0.15, 0.2) is 23.6 Å². The summed E-state index contributed by atoms with van der Waals surface area (Å²) in [5.41, 5.74) is 1.16. The lowest BCUT2D eigenvalue weighted by Gasteiger charge is -2.24. The zero-order valence-electron chi connectivity index (χ0n) is 12.9. The molecule has 1 atom stereocenters. The van der Waals surface area contributed by atoms with Gasteiger partial charge in [-0.3, -0.25) is 9.59 Å². The van der Waals surface area contributed by atoms with Gasteiger partial charge in [-0.2, -0.15) is 0 Å². The molecule has 1 N–H and O–H groups in total. The first-order valence-corrected chi connectivity index (χ1v) is 9.08. The van der Waals surface area contributed by atoms with Crippen molar-refractivity contribution in [1.29, 1.82) is 0 Å². The number of aryl methyl sites for hydroxylation is 1. The predicted molar refractivity (Wildman–Crippen MR) is 96.0 cm³/mol. The molecule has 1 aromatic carbocycles. The Hall–Kier alpha value is -1.63. The van der Waals surface area contributed by atoms with Crippen molar-refractivity contribution in [2.45, 2.75) is 25.8 Å². The number of aromatic nitrogens is 1. The third kappa shape index (κ3) is 3.55. The van der Waals surface area contributed by atoms with E-state index in [-0.39, 0.29) is 11.8 Å². The van der Waals surface area contributed by atoms with Crippen molar-refractivity contribution in [3.05, 3.63) is 44.9 Å². The first-order valence-electron chi connectivity index (χ1n) is 7.44. The predicted octanol–water partition coefficient (Wildman–Crippen LogP) is 4.00. The van der Waals surface area contributed by atoms with Gasteiger partial charge in [-0.15, -0.1) is 11.3 Å². The molecule has 2 aromatic rings. The third-order valence-corrected chi connectivity index (χ3v) is 5.26. The molecule has 0 spiro atoms. The normalized spacial score (nSPS) is 17.1.